The van der Waals surface area contributed by atoms with E-state index in [4.69, 9.17) is 15.2 Å². The minimum absolute atomic E-state index is 0. The van der Waals surface area contributed by atoms with E-state index in [0.717, 1.165) is 44.5 Å². The van der Waals surface area contributed by atoms with Crippen LogP contribution in [0.5, 0.6) is 5.75 Å². The Balaban J connectivity index is 0.00000338. The summed E-state index contributed by atoms with van der Waals surface area (Å²) < 4.78 is 11.6. The normalized spacial score (nSPS) is 16.0. The van der Waals surface area contributed by atoms with E-state index in [1.54, 1.807) is 0 Å². The zero-order chi connectivity index (χ0) is 18.1. The summed E-state index contributed by atoms with van der Waals surface area (Å²) >= 11 is 0. The molecule has 0 aromatic heterocycles. The lowest BCUT2D eigenvalue weighted by Gasteiger charge is -2.32. The van der Waals surface area contributed by atoms with Gasteiger partial charge < -0.3 is 20.1 Å². The number of amides is 1. The van der Waals surface area contributed by atoms with Gasteiger partial charge in [-0.25, -0.2) is 0 Å². The Morgan fingerprint density at radius 1 is 1.31 bits per heavy atom. The molecule has 1 saturated heterocycles. The standard InChI is InChI=1S/C20H32N2O3.ClH/c1-3-16(2)18-7-4-5-8-19(18)25-15-20(23)22-12-9-17(10-13-22)24-14-6-11-21;/h4-5,7-8,16-17H,3,6,9-15,21H2,1-2H3;1H. The third kappa shape index (κ3) is 6.78. The van der Waals surface area contributed by atoms with Crippen LogP contribution in [0.1, 0.15) is 51.0 Å². The number of piperidine rings is 1. The summed E-state index contributed by atoms with van der Waals surface area (Å²) in [5.41, 5.74) is 6.65. The van der Waals surface area contributed by atoms with E-state index in [-0.39, 0.29) is 31.0 Å². The number of carbonyl (C=O) groups excluding carboxylic acids is 1. The molecule has 1 aliphatic heterocycles. The molecular formula is C20H33ClN2O3. The zero-order valence-corrected chi connectivity index (χ0v) is 16.8. The summed E-state index contributed by atoms with van der Waals surface area (Å²) in [5, 5.41) is 0. The fourth-order valence-electron chi connectivity index (χ4n) is 3.07. The summed E-state index contributed by atoms with van der Waals surface area (Å²) in [6.07, 6.45) is 3.97. The lowest BCUT2D eigenvalue weighted by atomic mass is 9.98. The summed E-state index contributed by atoms with van der Waals surface area (Å²) in [5.74, 6) is 1.30. The average molecular weight is 385 g/mol. The van der Waals surface area contributed by atoms with E-state index in [9.17, 15) is 4.79 Å². The van der Waals surface area contributed by atoms with Crippen molar-refractivity contribution >= 4 is 18.3 Å². The Hall–Kier alpha value is -1.30. The van der Waals surface area contributed by atoms with Gasteiger partial charge in [-0.3, -0.25) is 4.79 Å². The first-order valence-electron chi connectivity index (χ1n) is 9.46. The van der Waals surface area contributed by atoms with Crippen molar-refractivity contribution in [3.63, 3.8) is 0 Å². The molecule has 2 N–H and O–H groups in total. The van der Waals surface area contributed by atoms with Crippen LogP contribution in [0.4, 0.5) is 0 Å². The van der Waals surface area contributed by atoms with E-state index in [1.165, 1.54) is 5.56 Å². The summed E-state index contributed by atoms with van der Waals surface area (Å²) in [6.45, 7) is 7.29. The van der Waals surface area contributed by atoms with Crippen molar-refractivity contribution < 1.29 is 14.3 Å². The van der Waals surface area contributed by atoms with Crippen molar-refractivity contribution in [2.45, 2.75) is 51.6 Å². The molecule has 1 fully saturated rings. The maximum absolute atomic E-state index is 12.4. The minimum Gasteiger partial charge on any atom is -0.483 e. The highest BCUT2D eigenvalue weighted by atomic mass is 35.5. The second-order valence-electron chi connectivity index (χ2n) is 6.73. The van der Waals surface area contributed by atoms with Gasteiger partial charge >= 0.3 is 0 Å². The highest BCUT2D eigenvalue weighted by molar-refractivity contribution is 5.85. The van der Waals surface area contributed by atoms with Crippen molar-refractivity contribution in [1.82, 2.24) is 4.90 Å². The Kier molecular flexibility index (Phi) is 10.6. The lowest BCUT2D eigenvalue weighted by Crippen LogP contribution is -2.43. The van der Waals surface area contributed by atoms with E-state index in [1.807, 2.05) is 23.1 Å². The third-order valence-electron chi connectivity index (χ3n) is 4.91. The first-order valence-corrected chi connectivity index (χ1v) is 9.46. The molecule has 0 radical (unpaired) electrons. The quantitative estimate of drug-likeness (QED) is 0.663. The van der Waals surface area contributed by atoms with E-state index in [0.29, 0.717) is 19.1 Å². The Bertz CT molecular complexity index is 534. The van der Waals surface area contributed by atoms with Crippen molar-refractivity contribution in [3.8, 4) is 5.75 Å². The number of rotatable bonds is 9. The smallest absolute Gasteiger partial charge is 0.260 e. The molecule has 6 heteroatoms. The van der Waals surface area contributed by atoms with Gasteiger partial charge in [-0.15, -0.1) is 12.4 Å². The van der Waals surface area contributed by atoms with Gasteiger partial charge in [0.15, 0.2) is 6.61 Å². The molecule has 2 rings (SSSR count). The monoisotopic (exact) mass is 384 g/mol. The van der Waals surface area contributed by atoms with Crippen molar-refractivity contribution in [2.75, 3.05) is 32.8 Å². The molecular weight excluding hydrogens is 352 g/mol. The molecule has 0 bridgehead atoms. The second kappa shape index (κ2) is 12.2. The van der Waals surface area contributed by atoms with E-state index >= 15 is 0 Å². The van der Waals surface area contributed by atoms with Crippen molar-refractivity contribution in [1.29, 1.82) is 0 Å². The molecule has 1 aromatic rings. The molecule has 1 heterocycles. The number of hydrogen-bond acceptors (Lipinski definition) is 4. The summed E-state index contributed by atoms with van der Waals surface area (Å²) in [4.78, 5) is 14.3. The van der Waals surface area contributed by atoms with Crippen molar-refractivity contribution in [2.24, 2.45) is 5.73 Å². The third-order valence-corrected chi connectivity index (χ3v) is 4.91. The first kappa shape index (κ1) is 22.7. The van der Waals surface area contributed by atoms with Crippen LogP contribution < -0.4 is 10.5 Å². The number of hydrogen-bond donors (Lipinski definition) is 1. The lowest BCUT2D eigenvalue weighted by molar-refractivity contribution is -0.136. The second-order valence-corrected chi connectivity index (χ2v) is 6.73. The number of benzene rings is 1. The fourth-order valence-corrected chi connectivity index (χ4v) is 3.07. The molecule has 1 aromatic carbocycles. The van der Waals surface area contributed by atoms with Crippen LogP contribution in [0.2, 0.25) is 0 Å². The fraction of sp³-hybridized carbons (Fsp3) is 0.650. The number of para-hydroxylation sites is 1. The van der Waals surface area contributed by atoms with Gasteiger partial charge in [0.1, 0.15) is 5.75 Å². The first-order chi connectivity index (χ1) is 12.2. The SMILES string of the molecule is CCC(C)c1ccccc1OCC(=O)N1CCC(OCCCN)CC1.Cl. The number of nitrogens with two attached hydrogens (primary N) is 1. The maximum atomic E-state index is 12.4. The van der Waals surface area contributed by atoms with Crippen LogP contribution in [0, 0.1) is 0 Å². The molecule has 5 nitrogen and oxygen atoms in total. The van der Waals surface area contributed by atoms with Crippen molar-refractivity contribution in [3.05, 3.63) is 29.8 Å². The predicted octanol–water partition coefficient (Wildman–Crippen LogP) is 3.36. The molecule has 1 atom stereocenters. The van der Waals surface area contributed by atoms with Crippen LogP contribution in [-0.2, 0) is 9.53 Å². The van der Waals surface area contributed by atoms with Crippen LogP contribution in [-0.4, -0.2) is 49.8 Å². The topological polar surface area (TPSA) is 64.8 Å². The Morgan fingerprint density at radius 3 is 2.65 bits per heavy atom. The largest absolute Gasteiger partial charge is 0.483 e. The minimum atomic E-state index is 0. The number of likely N-dealkylation sites (tertiary alicyclic amines) is 1. The molecule has 26 heavy (non-hydrogen) atoms. The van der Waals surface area contributed by atoms with Crippen LogP contribution in [0.15, 0.2) is 24.3 Å². The number of ether oxygens (including phenoxy) is 2. The Morgan fingerprint density at radius 2 is 2.00 bits per heavy atom. The molecule has 1 unspecified atom stereocenters. The predicted molar refractivity (Wildman–Crippen MR) is 107 cm³/mol. The summed E-state index contributed by atoms with van der Waals surface area (Å²) in [7, 11) is 0. The average Bonchev–Trinajstić information content (AvgIpc) is 2.66. The molecule has 0 saturated carbocycles. The van der Waals surface area contributed by atoms with Gasteiger partial charge in [-0.05, 0) is 49.8 Å². The molecule has 1 amide bonds. The Labute approximate surface area is 163 Å². The van der Waals surface area contributed by atoms with E-state index in [2.05, 4.69) is 19.9 Å². The van der Waals surface area contributed by atoms with Gasteiger partial charge in [-0.2, -0.15) is 0 Å². The highest BCUT2D eigenvalue weighted by Gasteiger charge is 2.23. The molecule has 148 valence electrons. The molecule has 1 aliphatic rings. The van der Waals surface area contributed by atoms with Crippen LogP contribution in [0.3, 0.4) is 0 Å². The van der Waals surface area contributed by atoms with Crippen LogP contribution >= 0.6 is 12.4 Å². The van der Waals surface area contributed by atoms with Gasteiger partial charge in [0, 0.05) is 19.7 Å². The van der Waals surface area contributed by atoms with Gasteiger partial charge in [0.2, 0.25) is 0 Å². The van der Waals surface area contributed by atoms with Crippen LogP contribution in [0.25, 0.3) is 0 Å². The highest BCUT2D eigenvalue weighted by Crippen LogP contribution is 2.28. The van der Waals surface area contributed by atoms with Gasteiger partial charge in [0.05, 0.1) is 6.10 Å². The maximum Gasteiger partial charge on any atom is 0.260 e. The van der Waals surface area contributed by atoms with E-state index < -0.39 is 0 Å². The number of carbonyl (C=O) groups is 1. The van der Waals surface area contributed by atoms with Gasteiger partial charge in [0.25, 0.3) is 5.91 Å². The summed E-state index contributed by atoms with van der Waals surface area (Å²) in [6, 6.07) is 8.01. The molecule has 0 aliphatic carbocycles. The zero-order valence-electron chi connectivity index (χ0n) is 16.0. The van der Waals surface area contributed by atoms with Gasteiger partial charge in [-0.1, -0.05) is 32.0 Å². The number of halogens is 1. The molecule has 0 spiro atoms. The number of nitrogens with zero attached hydrogens (tertiary/aromatic N) is 1.